The second-order valence-electron chi connectivity index (χ2n) is 5.61. The molecule has 2 aliphatic heterocycles. The van der Waals surface area contributed by atoms with Crippen molar-refractivity contribution in [1.29, 1.82) is 0 Å². The number of carbonyl (C=O) groups is 2. The first-order chi connectivity index (χ1) is 9.02. The number of carboxylic acids is 1. The Morgan fingerprint density at radius 3 is 2.68 bits per heavy atom. The molecule has 0 spiro atoms. The monoisotopic (exact) mass is 286 g/mol. The van der Waals surface area contributed by atoms with Crippen molar-refractivity contribution in [2.24, 2.45) is 11.8 Å². The van der Waals surface area contributed by atoms with Crippen molar-refractivity contribution in [3.63, 3.8) is 0 Å². The number of nitrogens with one attached hydrogen (secondary N) is 1. The Kier molecular flexibility index (Phi) is 4.73. The number of aliphatic carboxylic acids is 1. The maximum absolute atomic E-state index is 12.6. The average molecular weight is 286 g/mol. The first-order valence-electron chi connectivity index (χ1n) is 6.89. The van der Waals surface area contributed by atoms with Crippen molar-refractivity contribution in [3.8, 4) is 0 Å². The van der Waals surface area contributed by atoms with Gasteiger partial charge in [-0.1, -0.05) is 13.8 Å². The lowest BCUT2D eigenvalue weighted by molar-refractivity contribution is -0.151. The maximum atomic E-state index is 12.6. The minimum absolute atomic E-state index is 0.00414. The predicted molar refractivity (Wildman–Crippen MR) is 74.9 cm³/mol. The lowest BCUT2D eigenvalue weighted by atomic mass is 9.97. The Balaban J connectivity index is 2.15. The van der Waals surface area contributed by atoms with Gasteiger partial charge >= 0.3 is 5.97 Å². The molecule has 2 heterocycles. The van der Waals surface area contributed by atoms with Gasteiger partial charge in [0.2, 0.25) is 5.91 Å². The molecule has 0 aromatic heterocycles. The summed E-state index contributed by atoms with van der Waals surface area (Å²) in [7, 11) is 0. The van der Waals surface area contributed by atoms with E-state index in [1.807, 2.05) is 13.8 Å². The highest BCUT2D eigenvalue weighted by Crippen LogP contribution is 2.35. The molecule has 0 saturated carbocycles. The van der Waals surface area contributed by atoms with E-state index in [1.54, 1.807) is 16.7 Å². The van der Waals surface area contributed by atoms with Gasteiger partial charge in [-0.05, 0) is 25.3 Å². The molecule has 6 heteroatoms. The van der Waals surface area contributed by atoms with Crippen LogP contribution in [0.15, 0.2) is 0 Å². The van der Waals surface area contributed by atoms with Crippen molar-refractivity contribution in [2.45, 2.75) is 38.1 Å². The van der Waals surface area contributed by atoms with Crippen molar-refractivity contribution in [1.82, 2.24) is 10.2 Å². The topological polar surface area (TPSA) is 69.6 Å². The third kappa shape index (κ3) is 3.05. The minimum atomic E-state index is -0.882. The summed E-state index contributed by atoms with van der Waals surface area (Å²) in [5.41, 5.74) is 0. The highest BCUT2D eigenvalue weighted by atomic mass is 32.2. The Bertz CT molecular complexity index is 356. The standard InChI is InChI=1S/C13H22N2O3S/c1-8(2)12-15(10(7-19-12)13(17)18)11(16)9-4-3-5-14-6-9/h8-10,12,14H,3-7H2,1-2H3,(H,17,18)/t9-,10?,12?/m1/s1. The van der Waals surface area contributed by atoms with Crippen molar-refractivity contribution < 1.29 is 14.7 Å². The number of hydrogen-bond acceptors (Lipinski definition) is 4. The van der Waals surface area contributed by atoms with Crippen LogP contribution in [0.3, 0.4) is 0 Å². The van der Waals surface area contributed by atoms with Crippen molar-refractivity contribution >= 4 is 23.6 Å². The molecule has 3 atom stereocenters. The van der Waals surface area contributed by atoms with Crippen LogP contribution < -0.4 is 5.32 Å². The van der Waals surface area contributed by atoms with E-state index >= 15 is 0 Å². The molecular weight excluding hydrogens is 264 g/mol. The summed E-state index contributed by atoms with van der Waals surface area (Å²) in [5, 5.41) is 12.5. The van der Waals surface area contributed by atoms with Gasteiger partial charge in [0, 0.05) is 12.3 Å². The molecule has 5 nitrogen and oxygen atoms in total. The second-order valence-corrected chi connectivity index (χ2v) is 6.76. The number of piperidine rings is 1. The Morgan fingerprint density at radius 2 is 2.16 bits per heavy atom. The first kappa shape index (κ1) is 14.7. The van der Waals surface area contributed by atoms with E-state index in [2.05, 4.69) is 5.32 Å². The van der Waals surface area contributed by atoms with Crippen LogP contribution in [-0.4, -0.2) is 52.1 Å². The van der Waals surface area contributed by atoms with E-state index in [1.165, 1.54) is 0 Å². The molecule has 2 saturated heterocycles. The van der Waals surface area contributed by atoms with Crippen LogP contribution in [0.2, 0.25) is 0 Å². The van der Waals surface area contributed by atoms with E-state index in [0.717, 1.165) is 19.4 Å². The molecule has 0 bridgehead atoms. The Hall–Kier alpha value is -0.750. The molecule has 0 aromatic carbocycles. The molecule has 2 rings (SSSR count). The molecule has 0 radical (unpaired) electrons. The maximum Gasteiger partial charge on any atom is 0.327 e. The number of thioether (sulfide) groups is 1. The fourth-order valence-electron chi connectivity index (χ4n) is 2.78. The van der Waals surface area contributed by atoms with Crippen LogP contribution in [-0.2, 0) is 9.59 Å². The number of hydrogen-bond donors (Lipinski definition) is 2. The summed E-state index contributed by atoms with van der Waals surface area (Å²) < 4.78 is 0. The summed E-state index contributed by atoms with van der Waals surface area (Å²) in [4.78, 5) is 25.6. The fraction of sp³-hybridized carbons (Fsp3) is 0.846. The molecular formula is C13H22N2O3S. The summed E-state index contributed by atoms with van der Waals surface area (Å²) in [5.74, 6) is -0.147. The van der Waals surface area contributed by atoms with Crippen LogP contribution in [0, 0.1) is 11.8 Å². The van der Waals surface area contributed by atoms with Crippen molar-refractivity contribution in [3.05, 3.63) is 0 Å². The average Bonchev–Trinajstić information content (AvgIpc) is 2.83. The van der Waals surface area contributed by atoms with Gasteiger partial charge in [0.25, 0.3) is 0 Å². The molecule has 2 aliphatic rings. The van der Waals surface area contributed by atoms with E-state index in [0.29, 0.717) is 12.3 Å². The molecule has 0 aromatic rings. The van der Waals surface area contributed by atoms with Crippen LogP contribution >= 0.6 is 11.8 Å². The summed E-state index contributed by atoms with van der Waals surface area (Å²) in [6, 6.07) is -0.660. The van der Waals surface area contributed by atoms with Crippen LogP contribution in [0.4, 0.5) is 0 Å². The second kappa shape index (κ2) is 6.13. The van der Waals surface area contributed by atoms with Gasteiger partial charge in [-0.2, -0.15) is 0 Å². The van der Waals surface area contributed by atoms with Crippen LogP contribution in [0.25, 0.3) is 0 Å². The predicted octanol–water partition coefficient (Wildman–Crippen LogP) is 0.997. The molecule has 1 amide bonds. The highest BCUT2D eigenvalue weighted by Gasteiger charge is 2.44. The number of amides is 1. The first-order valence-corrected chi connectivity index (χ1v) is 7.94. The van der Waals surface area contributed by atoms with Gasteiger partial charge in [-0.15, -0.1) is 11.8 Å². The molecule has 19 heavy (non-hydrogen) atoms. The number of rotatable bonds is 3. The van der Waals surface area contributed by atoms with E-state index in [-0.39, 0.29) is 23.1 Å². The molecule has 0 aliphatic carbocycles. The van der Waals surface area contributed by atoms with Crippen LogP contribution in [0.5, 0.6) is 0 Å². The summed E-state index contributed by atoms with van der Waals surface area (Å²) >= 11 is 1.59. The van der Waals surface area contributed by atoms with Gasteiger partial charge < -0.3 is 15.3 Å². The van der Waals surface area contributed by atoms with Gasteiger partial charge in [-0.3, -0.25) is 4.79 Å². The Morgan fingerprint density at radius 1 is 1.42 bits per heavy atom. The zero-order valence-electron chi connectivity index (χ0n) is 11.5. The normalized spacial score (nSPS) is 31.7. The molecule has 2 fully saturated rings. The van der Waals surface area contributed by atoms with E-state index in [4.69, 9.17) is 0 Å². The SMILES string of the molecule is CC(C)C1SCC(C(=O)O)N1C(=O)[C@@H]1CCCNC1. The smallest absolute Gasteiger partial charge is 0.327 e. The van der Waals surface area contributed by atoms with Gasteiger partial charge in [0.15, 0.2) is 0 Å². The van der Waals surface area contributed by atoms with Gasteiger partial charge in [-0.25, -0.2) is 4.79 Å². The third-order valence-electron chi connectivity index (χ3n) is 3.79. The van der Waals surface area contributed by atoms with Crippen LogP contribution in [0.1, 0.15) is 26.7 Å². The molecule has 2 N–H and O–H groups in total. The highest BCUT2D eigenvalue weighted by molar-refractivity contribution is 8.00. The van der Waals surface area contributed by atoms with Gasteiger partial charge in [0.05, 0.1) is 11.3 Å². The lowest BCUT2D eigenvalue weighted by Crippen LogP contribution is -2.51. The quantitative estimate of drug-likeness (QED) is 0.810. The minimum Gasteiger partial charge on any atom is -0.480 e. The van der Waals surface area contributed by atoms with Gasteiger partial charge in [0.1, 0.15) is 6.04 Å². The zero-order valence-corrected chi connectivity index (χ0v) is 12.3. The van der Waals surface area contributed by atoms with Crippen molar-refractivity contribution in [2.75, 3.05) is 18.8 Å². The summed E-state index contributed by atoms with van der Waals surface area (Å²) in [6.07, 6.45) is 1.85. The molecule has 2 unspecified atom stereocenters. The van der Waals surface area contributed by atoms with E-state index in [9.17, 15) is 14.7 Å². The number of carboxylic acid groups (broad SMARTS) is 1. The number of nitrogens with zero attached hydrogens (tertiary/aromatic N) is 1. The zero-order chi connectivity index (χ0) is 14.0. The fourth-order valence-corrected chi connectivity index (χ4v) is 4.26. The Labute approximate surface area is 118 Å². The number of carbonyl (C=O) groups excluding carboxylic acids is 1. The lowest BCUT2D eigenvalue weighted by Gasteiger charge is -2.34. The van der Waals surface area contributed by atoms with E-state index < -0.39 is 12.0 Å². The third-order valence-corrected chi connectivity index (χ3v) is 5.41. The summed E-state index contributed by atoms with van der Waals surface area (Å²) in [6.45, 7) is 5.72. The molecule has 108 valence electrons. The largest absolute Gasteiger partial charge is 0.480 e.